The van der Waals surface area contributed by atoms with Gasteiger partial charge in [0.1, 0.15) is 16.7 Å². The van der Waals surface area contributed by atoms with Crippen molar-refractivity contribution < 1.29 is 19.2 Å². The maximum absolute atomic E-state index is 13.0. The summed E-state index contributed by atoms with van der Waals surface area (Å²) >= 11 is 1.24. The highest BCUT2D eigenvalue weighted by Crippen LogP contribution is 2.33. The lowest BCUT2D eigenvalue weighted by Gasteiger charge is -2.15. The Balaban J connectivity index is 1.75. The number of carbonyl (C=O) groups excluding carboxylic acids is 2. The summed E-state index contributed by atoms with van der Waals surface area (Å²) in [4.78, 5) is 42.6. The maximum atomic E-state index is 13.0. The van der Waals surface area contributed by atoms with Gasteiger partial charge in [-0.15, -0.1) is 0 Å². The van der Waals surface area contributed by atoms with Crippen molar-refractivity contribution in [2.24, 2.45) is 4.99 Å². The molecule has 1 saturated heterocycles. The zero-order valence-electron chi connectivity index (χ0n) is 17.8. The van der Waals surface area contributed by atoms with E-state index in [2.05, 4.69) is 10.3 Å². The Morgan fingerprint density at radius 2 is 2.03 bits per heavy atom. The summed E-state index contributed by atoms with van der Waals surface area (Å²) in [7, 11) is 1.40. The fourth-order valence-electron chi connectivity index (χ4n) is 3.12. The van der Waals surface area contributed by atoms with Crippen LogP contribution in [-0.4, -0.2) is 45.7 Å². The zero-order valence-corrected chi connectivity index (χ0v) is 18.6. The van der Waals surface area contributed by atoms with Crippen LogP contribution < -0.4 is 10.1 Å². The molecule has 1 N–H and O–H groups in total. The number of nitro groups is 1. The molecule has 0 aliphatic carbocycles. The Kier molecular flexibility index (Phi) is 7.82. The van der Waals surface area contributed by atoms with Crippen LogP contribution in [0.4, 0.5) is 17.1 Å². The van der Waals surface area contributed by atoms with Crippen LogP contribution in [0.2, 0.25) is 0 Å². The fraction of sp³-hybridized carbons (Fsp3) is 0.318. The summed E-state index contributed by atoms with van der Waals surface area (Å²) in [5, 5.41) is 13.8. The summed E-state index contributed by atoms with van der Waals surface area (Å²) in [6.07, 6.45) is 1.61. The van der Waals surface area contributed by atoms with Gasteiger partial charge >= 0.3 is 0 Å². The molecule has 1 heterocycles. The summed E-state index contributed by atoms with van der Waals surface area (Å²) in [5.74, 6) is -0.359. The van der Waals surface area contributed by atoms with Crippen molar-refractivity contribution in [2.45, 2.75) is 31.4 Å². The van der Waals surface area contributed by atoms with E-state index in [9.17, 15) is 19.7 Å². The molecule has 1 fully saturated rings. The van der Waals surface area contributed by atoms with E-state index in [0.717, 1.165) is 18.5 Å². The highest BCUT2D eigenvalue weighted by Gasteiger charge is 2.39. The second kappa shape index (κ2) is 10.8. The molecule has 0 spiro atoms. The van der Waals surface area contributed by atoms with Crippen LogP contribution in [0.25, 0.3) is 0 Å². The average molecular weight is 457 g/mol. The Hall–Kier alpha value is -3.40. The number of hydrogen-bond donors (Lipinski definition) is 1. The number of aliphatic imine (C=N–C) groups is 1. The number of hydrogen-bond acceptors (Lipinski definition) is 7. The number of amidine groups is 1. The third-order valence-corrected chi connectivity index (χ3v) is 5.96. The number of unbranched alkanes of at least 4 members (excludes halogenated alkanes) is 1. The fourth-order valence-corrected chi connectivity index (χ4v) is 4.31. The van der Waals surface area contributed by atoms with Gasteiger partial charge in [-0.3, -0.25) is 24.6 Å². The predicted octanol–water partition coefficient (Wildman–Crippen LogP) is 4.36. The molecular weight excluding hydrogens is 432 g/mol. The number of methoxy groups -OCH3 is 1. The van der Waals surface area contributed by atoms with Gasteiger partial charge in [0.2, 0.25) is 11.8 Å². The summed E-state index contributed by atoms with van der Waals surface area (Å²) < 4.78 is 5.01. The molecule has 168 valence electrons. The van der Waals surface area contributed by atoms with Crippen LogP contribution in [0.15, 0.2) is 53.5 Å². The number of ether oxygens (including phenoxy) is 1. The van der Waals surface area contributed by atoms with E-state index < -0.39 is 16.1 Å². The van der Waals surface area contributed by atoms with Crippen LogP contribution in [-0.2, 0) is 9.59 Å². The van der Waals surface area contributed by atoms with Gasteiger partial charge < -0.3 is 10.1 Å². The summed E-state index contributed by atoms with van der Waals surface area (Å²) in [6, 6.07) is 13.5. The second-order valence-electron chi connectivity index (χ2n) is 7.07. The van der Waals surface area contributed by atoms with E-state index in [1.165, 1.54) is 37.1 Å². The molecule has 1 aliphatic heterocycles. The first kappa shape index (κ1) is 23.3. The molecule has 2 amide bonds. The molecule has 0 aromatic heterocycles. The summed E-state index contributed by atoms with van der Waals surface area (Å²) in [6.45, 7) is 2.56. The number of benzene rings is 2. The van der Waals surface area contributed by atoms with Crippen molar-refractivity contribution in [1.82, 2.24) is 4.90 Å². The number of para-hydroxylation sites is 1. The molecule has 2 aromatic carbocycles. The van der Waals surface area contributed by atoms with E-state index in [1.54, 1.807) is 4.90 Å². The smallest absolute Gasteiger partial charge is 0.296 e. The molecule has 0 radical (unpaired) electrons. The van der Waals surface area contributed by atoms with Crippen LogP contribution in [0.5, 0.6) is 5.75 Å². The van der Waals surface area contributed by atoms with Crippen molar-refractivity contribution in [3.05, 3.63) is 58.6 Å². The van der Waals surface area contributed by atoms with Crippen molar-refractivity contribution in [2.75, 3.05) is 19.0 Å². The predicted molar refractivity (Wildman–Crippen MR) is 124 cm³/mol. The number of nitrogens with one attached hydrogen (secondary N) is 1. The van der Waals surface area contributed by atoms with E-state index in [4.69, 9.17) is 4.74 Å². The first-order valence-corrected chi connectivity index (χ1v) is 11.0. The molecule has 1 atom stereocenters. The van der Waals surface area contributed by atoms with Gasteiger partial charge in [0, 0.05) is 13.0 Å². The molecular formula is C22H24N4O5S. The van der Waals surface area contributed by atoms with Crippen LogP contribution in [0.3, 0.4) is 0 Å². The Morgan fingerprint density at radius 1 is 1.28 bits per heavy atom. The number of amides is 2. The van der Waals surface area contributed by atoms with Crippen LogP contribution >= 0.6 is 11.8 Å². The molecule has 0 bridgehead atoms. The third-order valence-electron chi connectivity index (χ3n) is 4.78. The van der Waals surface area contributed by atoms with E-state index in [0.29, 0.717) is 17.5 Å². The molecule has 2 aromatic rings. The van der Waals surface area contributed by atoms with Crippen molar-refractivity contribution in [3.8, 4) is 5.75 Å². The minimum absolute atomic E-state index is 0.0530. The number of nitrogens with zero attached hydrogens (tertiary/aromatic N) is 3. The monoisotopic (exact) mass is 456 g/mol. The van der Waals surface area contributed by atoms with Crippen molar-refractivity contribution in [3.63, 3.8) is 0 Å². The Morgan fingerprint density at radius 3 is 2.69 bits per heavy atom. The third kappa shape index (κ3) is 5.64. The van der Waals surface area contributed by atoms with Gasteiger partial charge in [-0.25, -0.2) is 4.99 Å². The lowest BCUT2D eigenvalue weighted by molar-refractivity contribution is -0.384. The molecule has 3 rings (SSSR count). The zero-order chi connectivity index (χ0) is 23.1. The number of carbonyl (C=O) groups is 2. The standard InChI is InChI=1S/C22H24N4O5S/c1-3-4-12-25-21(28)19(32-22(25)23-15-8-6-5-7-9-15)14-20(27)24-17-11-10-16(31-2)13-18(17)26(29)30/h5-11,13,19H,3-4,12,14H2,1-2H3,(H,24,27)/t19-/m1/s1. The molecule has 0 unspecified atom stereocenters. The van der Waals surface area contributed by atoms with Gasteiger partial charge in [0.05, 0.1) is 23.8 Å². The lowest BCUT2D eigenvalue weighted by atomic mass is 10.2. The van der Waals surface area contributed by atoms with Crippen LogP contribution in [0, 0.1) is 10.1 Å². The average Bonchev–Trinajstić information content (AvgIpc) is 3.06. The van der Waals surface area contributed by atoms with Gasteiger partial charge in [0.25, 0.3) is 5.69 Å². The molecule has 10 heteroatoms. The quantitative estimate of drug-likeness (QED) is 0.443. The van der Waals surface area contributed by atoms with Crippen molar-refractivity contribution in [1.29, 1.82) is 0 Å². The summed E-state index contributed by atoms with van der Waals surface area (Å²) in [5.41, 5.74) is 0.500. The number of nitro benzene ring substituents is 1. The van der Waals surface area contributed by atoms with Crippen LogP contribution in [0.1, 0.15) is 26.2 Å². The van der Waals surface area contributed by atoms with E-state index >= 15 is 0 Å². The number of anilines is 1. The van der Waals surface area contributed by atoms with Crippen molar-refractivity contribution >= 4 is 45.8 Å². The minimum Gasteiger partial charge on any atom is -0.496 e. The SMILES string of the molecule is CCCCN1C(=O)[C@@H](CC(=O)Nc2ccc(OC)cc2[N+](=O)[O-])SC1=Nc1ccccc1. The largest absolute Gasteiger partial charge is 0.496 e. The highest BCUT2D eigenvalue weighted by molar-refractivity contribution is 8.15. The highest BCUT2D eigenvalue weighted by atomic mass is 32.2. The second-order valence-corrected chi connectivity index (χ2v) is 8.24. The molecule has 32 heavy (non-hydrogen) atoms. The normalized spacial score (nSPS) is 16.9. The number of thioether (sulfide) groups is 1. The minimum atomic E-state index is -0.647. The first-order valence-electron chi connectivity index (χ1n) is 10.2. The molecule has 9 nitrogen and oxygen atoms in total. The van der Waals surface area contributed by atoms with E-state index in [-0.39, 0.29) is 23.7 Å². The molecule has 1 aliphatic rings. The lowest BCUT2D eigenvalue weighted by Crippen LogP contribution is -2.34. The van der Waals surface area contributed by atoms with Gasteiger partial charge in [-0.2, -0.15) is 0 Å². The van der Waals surface area contributed by atoms with Gasteiger partial charge in [-0.1, -0.05) is 43.3 Å². The number of rotatable bonds is 9. The molecule has 0 saturated carbocycles. The van der Waals surface area contributed by atoms with Gasteiger partial charge in [0.15, 0.2) is 5.17 Å². The Bertz CT molecular complexity index is 1030. The van der Waals surface area contributed by atoms with Gasteiger partial charge in [-0.05, 0) is 30.7 Å². The maximum Gasteiger partial charge on any atom is 0.296 e. The Labute approximate surface area is 190 Å². The first-order chi connectivity index (χ1) is 15.4. The van der Waals surface area contributed by atoms with E-state index in [1.807, 2.05) is 37.3 Å². The topological polar surface area (TPSA) is 114 Å².